The SMILES string of the molecule is COc1ccc(S(=O)(=O)N2CC[NH+](C)CC2)cc1Br. The van der Waals surface area contributed by atoms with Crippen LogP contribution in [0, 0.1) is 0 Å². The number of nitrogens with zero attached hydrogens (tertiary/aromatic N) is 1. The summed E-state index contributed by atoms with van der Waals surface area (Å²) in [5.41, 5.74) is 0. The summed E-state index contributed by atoms with van der Waals surface area (Å²) in [6, 6.07) is 4.85. The molecule has 7 heteroatoms. The molecule has 1 heterocycles. The molecule has 1 saturated heterocycles. The Morgan fingerprint density at radius 3 is 2.47 bits per heavy atom. The lowest BCUT2D eigenvalue weighted by Crippen LogP contribution is -3.12. The van der Waals surface area contributed by atoms with Gasteiger partial charge < -0.3 is 9.64 Å². The maximum Gasteiger partial charge on any atom is 0.243 e. The lowest BCUT2D eigenvalue weighted by atomic mass is 10.3. The Hall–Kier alpha value is -0.630. The number of halogens is 1. The van der Waals surface area contributed by atoms with Gasteiger partial charge in [0.05, 0.1) is 49.7 Å². The number of quaternary nitrogens is 1. The van der Waals surface area contributed by atoms with Crippen molar-refractivity contribution < 1.29 is 18.1 Å². The van der Waals surface area contributed by atoms with E-state index in [1.165, 1.54) is 4.90 Å². The van der Waals surface area contributed by atoms with Crippen LogP contribution in [-0.4, -0.2) is 53.1 Å². The number of ether oxygens (including phenoxy) is 1. The standard InChI is InChI=1S/C12H17BrN2O3S/c1-14-5-7-15(8-6-14)19(16,17)10-3-4-12(18-2)11(13)9-10/h3-4,9H,5-8H2,1-2H3/p+1. The van der Waals surface area contributed by atoms with Gasteiger partial charge in [-0.25, -0.2) is 8.42 Å². The van der Waals surface area contributed by atoms with Crippen LogP contribution in [0.1, 0.15) is 0 Å². The van der Waals surface area contributed by atoms with Crippen molar-refractivity contribution in [3.8, 4) is 5.75 Å². The predicted molar refractivity (Wildman–Crippen MR) is 76.1 cm³/mol. The molecule has 106 valence electrons. The van der Waals surface area contributed by atoms with Crippen molar-refractivity contribution in [3.63, 3.8) is 0 Å². The number of methoxy groups -OCH3 is 1. The minimum absolute atomic E-state index is 0.305. The van der Waals surface area contributed by atoms with Crippen molar-refractivity contribution in [2.24, 2.45) is 0 Å². The fraction of sp³-hybridized carbons (Fsp3) is 0.500. The number of hydrogen-bond acceptors (Lipinski definition) is 3. The number of piperazine rings is 1. The third-order valence-corrected chi connectivity index (χ3v) is 5.85. The Morgan fingerprint density at radius 2 is 1.95 bits per heavy atom. The number of sulfonamides is 1. The summed E-state index contributed by atoms with van der Waals surface area (Å²) in [6.07, 6.45) is 0. The van der Waals surface area contributed by atoms with Crippen LogP contribution in [0.15, 0.2) is 27.6 Å². The summed E-state index contributed by atoms with van der Waals surface area (Å²) in [5, 5.41) is 0. The molecule has 5 nitrogen and oxygen atoms in total. The molecule has 0 radical (unpaired) electrons. The molecule has 1 aromatic carbocycles. The zero-order valence-electron chi connectivity index (χ0n) is 11.0. The first-order valence-electron chi connectivity index (χ1n) is 6.10. The molecule has 0 bridgehead atoms. The first-order chi connectivity index (χ1) is 8.95. The van der Waals surface area contributed by atoms with Crippen LogP contribution < -0.4 is 9.64 Å². The second kappa shape index (κ2) is 5.78. The highest BCUT2D eigenvalue weighted by atomic mass is 79.9. The first kappa shape index (κ1) is 14.8. The average molecular weight is 350 g/mol. The van der Waals surface area contributed by atoms with Gasteiger partial charge in [-0.05, 0) is 34.1 Å². The summed E-state index contributed by atoms with van der Waals surface area (Å²) in [6.45, 7) is 2.82. The van der Waals surface area contributed by atoms with Crippen LogP contribution in [-0.2, 0) is 10.0 Å². The van der Waals surface area contributed by atoms with Gasteiger partial charge in [-0.3, -0.25) is 0 Å². The third-order valence-electron chi connectivity index (χ3n) is 3.34. The number of rotatable bonds is 3. The molecule has 0 saturated carbocycles. The lowest BCUT2D eigenvalue weighted by molar-refractivity contribution is -0.883. The highest BCUT2D eigenvalue weighted by Gasteiger charge is 2.29. The number of nitrogens with one attached hydrogen (secondary N) is 1. The fourth-order valence-corrected chi connectivity index (χ4v) is 4.23. The van der Waals surface area contributed by atoms with Crippen molar-refractivity contribution >= 4 is 26.0 Å². The number of likely N-dealkylation sites (N-methyl/N-ethyl adjacent to an activating group) is 1. The van der Waals surface area contributed by atoms with E-state index in [4.69, 9.17) is 4.74 Å². The maximum atomic E-state index is 12.5. The van der Waals surface area contributed by atoms with Crippen LogP contribution in [0.5, 0.6) is 5.75 Å². The van der Waals surface area contributed by atoms with E-state index >= 15 is 0 Å². The minimum atomic E-state index is -3.40. The van der Waals surface area contributed by atoms with Gasteiger partial charge in [0, 0.05) is 0 Å². The van der Waals surface area contributed by atoms with Crippen LogP contribution in [0.25, 0.3) is 0 Å². The van der Waals surface area contributed by atoms with Crippen molar-refractivity contribution in [1.29, 1.82) is 0 Å². The minimum Gasteiger partial charge on any atom is -0.496 e. The van der Waals surface area contributed by atoms with Crippen LogP contribution >= 0.6 is 15.9 Å². The first-order valence-corrected chi connectivity index (χ1v) is 8.33. The zero-order chi connectivity index (χ0) is 14.0. The lowest BCUT2D eigenvalue weighted by Gasteiger charge is -2.29. The molecule has 0 spiro atoms. The van der Waals surface area contributed by atoms with E-state index in [9.17, 15) is 8.42 Å². The van der Waals surface area contributed by atoms with Gasteiger partial charge in [0.25, 0.3) is 0 Å². The van der Waals surface area contributed by atoms with Crippen LogP contribution in [0.2, 0.25) is 0 Å². The molecule has 1 N–H and O–H groups in total. The predicted octanol–water partition coefficient (Wildman–Crippen LogP) is -0.0233. The summed E-state index contributed by atoms with van der Waals surface area (Å²) >= 11 is 3.32. The Labute approximate surface area is 122 Å². The number of hydrogen-bond donors (Lipinski definition) is 1. The van der Waals surface area contributed by atoms with Gasteiger partial charge in [-0.1, -0.05) is 0 Å². The Bertz CT molecular complexity index is 554. The molecule has 1 aromatic rings. The molecule has 1 aliphatic rings. The van der Waals surface area contributed by atoms with Gasteiger partial charge in [0.1, 0.15) is 5.75 Å². The zero-order valence-corrected chi connectivity index (χ0v) is 13.4. The van der Waals surface area contributed by atoms with E-state index in [0.717, 1.165) is 13.1 Å². The quantitative estimate of drug-likeness (QED) is 0.834. The van der Waals surface area contributed by atoms with E-state index in [-0.39, 0.29) is 0 Å². The van der Waals surface area contributed by atoms with Gasteiger partial charge in [0.2, 0.25) is 10.0 Å². The Balaban J connectivity index is 2.27. The topological polar surface area (TPSA) is 51.1 Å². The van der Waals surface area contributed by atoms with Gasteiger partial charge in [-0.2, -0.15) is 4.31 Å². The van der Waals surface area contributed by atoms with Crippen LogP contribution in [0.3, 0.4) is 0 Å². The normalized spacial score (nSPS) is 18.5. The third kappa shape index (κ3) is 3.10. The van der Waals surface area contributed by atoms with E-state index in [1.54, 1.807) is 29.6 Å². The molecule has 0 aromatic heterocycles. The molecular formula is C12H18BrN2O3S+. The molecule has 1 fully saturated rings. The second-order valence-corrected chi connectivity index (χ2v) is 7.45. The molecule has 19 heavy (non-hydrogen) atoms. The average Bonchev–Trinajstić information content (AvgIpc) is 2.39. The second-order valence-electron chi connectivity index (χ2n) is 4.66. The summed E-state index contributed by atoms with van der Waals surface area (Å²) < 4.78 is 32.3. The van der Waals surface area contributed by atoms with E-state index in [0.29, 0.717) is 28.2 Å². The largest absolute Gasteiger partial charge is 0.496 e. The monoisotopic (exact) mass is 349 g/mol. The summed E-state index contributed by atoms with van der Waals surface area (Å²) in [4.78, 5) is 1.67. The molecule has 0 atom stereocenters. The van der Waals surface area contributed by atoms with E-state index in [2.05, 4.69) is 23.0 Å². The van der Waals surface area contributed by atoms with Crippen molar-refractivity contribution in [3.05, 3.63) is 22.7 Å². The van der Waals surface area contributed by atoms with Crippen molar-refractivity contribution in [1.82, 2.24) is 4.31 Å². The molecule has 0 aliphatic carbocycles. The maximum absolute atomic E-state index is 12.5. The molecular weight excluding hydrogens is 332 g/mol. The number of benzene rings is 1. The fourth-order valence-electron chi connectivity index (χ4n) is 2.06. The van der Waals surface area contributed by atoms with Gasteiger partial charge in [-0.15, -0.1) is 0 Å². The highest BCUT2D eigenvalue weighted by Crippen LogP contribution is 2.28. The Morgan fingerprint density at radius 1 is 1.32 bits per heavy atom. The van der Waals surface area contributed by atoms with E-state index in [1.807, 2.05) is 0 Å². The van der Waals surface area contributed by atoms with Crippen LogP contribution in [0.4, 0.5) is 0 Å². The van der Waals surface area contributed by atoms with Gasteiger partial charge in [0.15, 0.2) is 0 Å². The summed E-state index contributed by atoms with van der Waals surface area (Å²) in [7, 11) is 0.232. The molecule has 0 amide bonds. The Kier molecular flexibility index (Phi) is 4.50. The molecule has 0 unspecified atom stereocenters. The van der Waals surface area contributed by atoms with Crippen molar-refractivity contribution in [2.75, 3.05) is 40.3 Å². The molecule has 2 rings (SSSR count). The summed E-state index contributed by atoms with van der Waals surface area (Å²) in [5.74, 6) is 0.627. The molecule has 1 aliphatic heterocycles. The highest BCUT2D eigenvalue weighted by molar-refractivity contribution is 9.10. The van der Waals surface area contributed by atoms with Gasteiger partial charge >= 0.3 is 0 Å². The van der Waals surface area contributed by atoms with Crippen molar-refractivity contribution in [2.45, 2.75) is 4.90 Å². The smallest absolute Gasteiger partial charge is 0.243 e. The van der Waals surface area contributed by atoms with E-state index < -0.39 is 10.0 Å².